The molecule has 0 heterocycles. The molecule has 0 saturated heterocycles. The van der Waals surface area contributed by atoms with Crippen LogP contribution in [0, 0.1) is 6.58 Å². The zero-order valence-corrected chi connectivity index (χ0v) is 18.0. The second-order valence-electron chi connectivity index (χ2n) is 6.90. The Morgan fingerprint density at radius 2 is 0.786 bits per heavy atom. The molecule has 0 saturated carbocycles. The van der Waals surface area contributed by atoms with E-state index >= 15 is 0 Å². The van der Waals surface area contributed by atoms with E-state index in [9.17, 15) is 0 Å². The minimum absolute atomic E-state index is 1.20. The highest BCUT2D eigenvalue weighted by Crippen LogP contribution is 2.11. The Kier molecular flexibility index (Phi) is 23.1. The minimum Gasteiger partial charge on any atom is -0.0845 e. The molecular weight excluding hydrogens is 336 g/mol. The standard InChI is InChI=1S/C28H41/c1-3-5-7-9-11-13-15-17-19-21-23-25-27-28-26-24-22-20-18-16-14-12-10-8-6-4-2/h1,3,5,7,9,11,13,15,17,19,21,23,25-28H,4,6,8,10,12,14,16,18,20,22,24H2,2H3. The highest BCUT2D eigenvalue weighted by atomic mass is 14.0. The summed E-state index contributed by atoms with van der Waals surface area (Å²) in [5.74, 6) is 0. The van der Waals surface area contributed by atoms with Crippen molar-refractivity contribution in [2.45, 2.75) is 77.6 Å². The van der Waals surface area contributed by atoms with Crippen LogP contribution < -0.4 is 0 Å². The summed E-state index contributed by atoms with van der Waals surface area (Å²) < 4.78 is 0. The zero-order chi connectivity index (χ0) is 20.4. The van der Waals surface area contributed by atoms with Gasteiger partial charge >= 0.3 is 0 Å². The van der Waals surface area contributed by atoms with E-state index in [4.69, 9.17) is 6.58 Å². The van der Waals surface area contributed by atoms with E-state index in [0.29, 0.717) is 0 Å². The molecule has 0 N–H and O–H groups in total. The first kappa shape index (κ1) is 25.9. The Balaban J connectivity index is 3.51. The zero-order valence-electron chi connectivity index (χ0n) is 18.0. The molecule has 28 heavy (non-hydrogen) atoms. The Hall–Kier alpha value is -2.08. The first-order valence-electron chi connectivity index (χ1n) is 11.1. The van der Waals surface area contributed by atoms with E-state index in [-0.39, 0.29) is 0 Å². The molecule has 0 aliphatic rings. The van der Waals surface area contributed by atoms with Crippen molar-refractivity contribution in [1.29, 1.82) is 0 Å². The Morgan fingerprint density at radius 3 is 1.21 bits per heavy atom. The molecule has 0 amide bonds. The number of hydrogen-bond donors (Lipinski definition) is 0. The van der Waals surface area contributed by atoms with Gasteiger partial charge in [0.2, 0.25) is 0 Å². The molecule has 0 nitrogen and oxygen atoms in total. The van der Waals surface area contributed by atoms with Gasteiger partial charge in [0.25, 0.3) is 0 Å². The highest BCUT2D eigenvalue weighted by Gasteiger charge is 1.91. The lowest BCUT2D eigenvalue weighted by atomic mass is 10.1. The van der Waals surface area contributed by atoms with Crippen LogP contribution in [0.3, 0.4) is 0 Å². The molecule has 0 aliphatic carbocycles. The van der Waals surface area contributed by atoms with Crippen LogP contribution in [0.4, 0.5) is 0 Å². The van der Waals surface area contributed by atoms with Gasteiger partial charge in [-0.1, -0.05) is 162 Å². The fraction of sp³-hybridized carbons (Fsp3) is 0.429. The van der Waals surface area contributed by atoms with E-state index in [1.165, 1.54) is 76.7 Å². The fourth-order valence-corrected chi connectivity index (χ4v) is 2.69. The molecule has 0 spiro atoms. The summed E-state index contributed by atoms with van der Waals surface area (Å²) in [5, 5.41) is 0. The lowest BCUT2D eigenvalue weighted by Gasteiger charge is -2.01. The van der Waals surface area contributed by atoms with Gasteiger partial charge < -0.3 is 0 Å². The van der Waals surface area contributed by atoms with Crippen LogP contribution in [-0.2, 0) is 0 Å². The number of rotatable bonds is 18. The maximum absolute atomic E-state index is 5.23. The first-order valence-corrected chi connectivity index (χ1v) is 11.1. The van der Waals surface area contributed by atoms with Crippen LogP contribution in [-0.4, -0.2) is 0 Å². The summed E-state index contributed by atoms with van der Waals surface area (Å²) in [6.07, 6.45) is 45.0. The third-order valence-electron chi connectivity index (χ3n) is 4.30. The molecular formula is C28H41. The highest BCUT2D eigenvalue weighted by molar-refractivity contribution is 5.20. The van der Waals surface area contributed by atoms with Gasteiger partial charge in [-0.05, 0) is 12.8 Å². The van der Waals surface area contributed by atoms with Crippen molar-refractivity contribution in [2.24, 2.45) is 0 Å². The Labute approximate surface area is 175 Å². The molecule has 0 heteroatoms. The van der Waals surface area contributed by atoms with E-state index in [1.807, 2.05) is 54.7 Å². The molecule has 153 valence electrons. The third-order valence-corrected chi connectivity index (χ3v) is 4.30. The third kappa shape index (κ3) is 23.9. The summed E-state index contributed by atoms with van der Waals surface area (Å²) in [6.45, 7) is 7.51. The number of unbranched alkanes of at least 4 members (excludes halogenated alkanes) is 10. The van der Waals surface area contributed by atoms with E-state index < -0.39 is 0 Å². The maximum atomic E-state index is 5.23. The second-order valence-corrected chi connectivity index (χ2v) is 6.90. The summed E-state index contributed by atoms with van der Waals surface area (Å²) in [7, 11) is 0. The molecule has 0 fully saturated rings. The van der Waals surface area contributed by atoms with Crippen molar-refractivity contribution in [1.82, 2.24) is 0 Å². The van der Waals surface area contributed by atoms with Crippen molar-refractivity contribution in [3.63, 3.8) is 0 Å². The summed E-state index contributed by atoms with van der Waals surface area (Å²) in [5.41, 5.74) is 0. The van der Waals surface area contributed by atoms with Crippen molar-refractivity contribution in [3.05, 3.63) is 97.7 Å². The predicted molar refractivity (Wildman–Crippen MR) is 129 cm³/mol. The fourth-order valence-electron chi connectivity index (χ4n) is 2.69. The van der Waals surface area contributed by atoms with Crippen molar-refractivity contribution < 1.29 is 0 Å². The van der Waals surface area contributed by atoms with Crippen LogP contribution in [0.5, 0.6) is 0 Å². The molecule has 1 radical (unpaired) electrons. The van der Waals surface area contributed by atoms with Crippen LogP contribution in [0.15, 0.2) is 91.1 Å². The molecule has 0 aromatic carbocycles. The smallest absolute Gasteiger partial charge is 0.0348 e. The number of allylic oxidation sites excluding steroid dienone is 15. The molecule has 0 rings (SSSR count). The van der Waals surface area contributed by atoms with Crippen molar-refractivity contribution in [3.8, 4) is 0 Å². The molecule has 0 aromatic rings. The van der Waals surface area contributed by atoms with Gasteiger partial charge in [0.15, 0.2) is 0 Å². The quantitative estimate of drug-likeness (QED) is 0.165. The first-order chi connectivity index (χ1) is 13.9. The minimum atomic E-state index is 1.20. The molecule has 0 atom stereocenters. The lowest BCUT2D eigenvalue weighted by molar-refractivity contribution is 0.557. The van der Waals surface area contributed by atoms with Gasteiger partial charge in [0, 0.05) is 0 Å². The monoisotopic (exact) mass is 377 g/mol. The van der Waals surface area contributed by atoms with Gasteiger partial charge in [0.1, 0.15) is 0 Å². The average Bonchev–Trinajstić information content (AvgIpc) is 2.71. The Bertz CT molecular complexity index is 520. The molecule has 0 aromatic heterocycles. The van der Waals surface area contributed by atoms with E-state index in [1.54, 1.807) is 6.08 Å². The van der Waals surface area contributed by atoms with E-state index in [2.05, 4.69) is 31.2 Å². The largest absolute Gasteiger partial charge is 0.0845 e. The summed E-state index contributed by atoms with van der Waals surface area (Å²) >= 11 is 0. The average molecular weight is 378 g/mol. The SMILES string of the molecule is [CH]=CC=CC=CC=CC=CC=CC=CC=CCCCCCCCCCCCC. The van der Waals surface area contributed by atoms with Crippen molar-refractivity contribution >= 4 is 0 Å². The van der Waals surface area contributed by atoms with Crippen molar-refractivity contribution in [2.75, 3.05) is 0 Å². The molecule has 0 aliphatic heterocycles. The maximum Gasteiger partial charge on any atom is -0.0348 e. The van der Waals surface area contributed by atoms with E-state index in [0.717, 1.165) is 0 Å². The van der Waals surface area contributed by atoms with Gasteiger partial charge in [0.05, 0.1) is 0 Å². The molecule has 0 bridgehead atoms. The van der Waals surface area contributed by atoms with Gasteiger partial charge in [-0.25, -0.2) is 0 Å². The summed E-state index contributed by atoms with van der Waals surface area (Å²) in [4.78, 5) is 0. The molecule has 0 unspecified atom stereocenters. The van der Waals surface area contributed by atoms with Crippen LogP contribution >= 0.6 is 0 Å². The lowest BCUT2D eigenvalue weighted by Crippen LogP contribution is -1.81. The normalized spacial score (nSPS) is 13.2. The van der Waals surface area contributed by atoms with Crippen LogP contribution in [0.1, 0.15) is 77.6 Å². The summed E-state index contributed by atoms with van der Waals surface area (Å²) in [6, 6.07) is 0. The number of hydrogen-bond acceptors (Lipinski definition) is 0. The van der Waals surface area contributed by atoms with Gasteiger partial charge in [-0.3, -0.25) is 0 Å². The van der Waals surface area contributed by atoms with Crippen LogP contribution in [0.25, 0.3) is 0 Å². The predicted octanol–water partition coefficient (Wildman–Crippen LogP) is 9.18. The van der Waals surface area contributed by atoms with Gasteiger partial charge in [-0.2, -0.15) is 0 Å². The van der Waals surface area contributed by atoms with Gasteiger partial charge in [-0.15, -0.1) is 0 Å². The van der Waals surface area contributed by atoms with Crippen LogP contribution in [0.2, 0.25) is 0 Å². The second kappa shape index (κ2) is 24.9. The topological polar surface area (TPSA) is 0 Å². The Morgan fingerprint density at radius 1 is 0.429 bits per heavy atom.